The van der Waals surface area contributed by atoms with E-state index >= 15 is 0 Å². The van der Waals surface area contributed by atoms with Gasteiger partial charge in [-0.3, -0.25) is 4.98 Å². The molecule has 0 unspecified atom stereocenters. The van der Waals surface area contributed by atoms with Crippen molar-refractivity contribution in [3.63, 3.8) is 0 Å². The second-order valence-corrected chi connectivity index (χ2v) is 8.89. The second-order valence-electron chi connectivity index (χ2n) is 7.95. The van der Waals surface area contributed by atoms with Gasteiger partial charge >= 0.3 is 0 Å². The monoisotopic (exact) mass is 440 g/mol. The third-order valence-corrected chi connectivity index (χ3v) is 6.62. The molecule has 0 saturated heterocycles. The molecule has 0 atom stereocenters. The molecule has 0 bridgehead atoms. The fourth-order valence-corrected chi connectivity index (χ4v) is 4.84. The Morgan fingerprint density at radius 2 is 1.84 bits per heavy atom. The fourth-order valence-electron chi connectivity index (χ4n) is 3.75. The zero-order valence-corrected chi connectivity index (χ0v) is 19.2. The van der Waals surface area contributed by atoms with Gasteiger partial charge in [0.2, 0.25) is 5.89 Å². The Labute approximate surface area is 191 Å². The van der Waals surface area contributed by atoms with Gasteiger partial charge in [0, 0.05) is 17.5 Å². The van der Waals surface area contributed by atoms with E-state index in [9.17, 15) is 0 Å². The first-order valence-electron chi connectivity index (χ1n) is 10.6. The third kappa shape index (κ3) is 4.06. The Hall–Kier alpha value is -3.38. The molecule has 5 nitrogen and oxygen atoms in total. The Morgan fingerprint density at radius 1 is 0.969 bits per heavy atom. The number of hydrogen-bond acceptors (Lipinski definition) is 5. The number of pyridine rings is 1. The molecule has 2 aromatic carbocycles. The first-order valence-corrected chi connectivity index (χ1v) is 11.6. The Kier molecular flexibility index (Phi) is 5.53. The lowest BCUT2D eigenvalue weighted by Crippen LogP contribution is -2.03. The van der Waals surface area contributed by atoms with E-state index in [2.05, 4.69) is 59.8 Å². The molecule has 0 amide bonds. The zero-order valence-electron chi connectivity index (χ0n) is 18.4. The van der Waals surface area contributed by atoms with Gasteiger partial charge < -0.3 is 8.98 Å². The van der Waals surface area contributed by atoms with Gasteiger partial charge in [-0.05, 0) is 50.1 Å². The average Bonchev–Trinajstić information content (AvgIpc) is 3.34. The topological polar surface area (TPSA) is 56.7 Å². The Bertz CT molecular complexity index is 1400. The Balaban J connectivity index is 1.49. The van der Waals surface area contributed by atoms with Crippen LogP contribution in [0.4, 0.5) is 0 Å². The van der Waals surface area contributed by atoms with Crippen molar-refractivity contribution in [3.05, 3.63) is 95.1 Å². The molecule has 0 radical (unpaired) electrons. The van der Waals surface area contributed by atoms with Crippen LogP contribution in [-0.2, 0) is 12.3 Å². The van der Waals surface area contributed by atoms with Gasteiger partial charge in [0.1, 0.15) is 11.5 Å². The van der Waals surface area contributed by atoms with Crippen LogP contribution in [0.2, 0.25) is 0 Å². The average molecular weight is 441 g/mol. The van der Waals surface area contributed by atoms with Crippen LogP contribution in [0.15, 0.2) is 76.6 Å². The zero-order chi connectivity index (χ0) is 22.1. The van der Waals surface area contributed by atoms with Crippen molar-refractivity contribution in [2.24, 2.45) is 0 Å². The van der Waals surface area contributed by atoms with E-state index in [-0.39, 0.29) is 0 Å². The van der Waals surface area contributed by atoms with Gasteiger partial charge in [0.05, 0.1) is 23.8 Å². The third-order valence-electron chi connectivity index (χ3n) is 5.60. The largest absolute Gasteiger partial charge is 0.441 e. The summed E-state index contributed by atoms with van der Waals surface area (Å²) < 4.78 is 8.22. The number of benzene rings is 2. The number of rotatable bonds is 6. The molecule has 0 aliphatic heterocycles. The summed E-state index contributed by atoms with van der Waals surface area (Å²) in [5.41, 5.74) is 7.62. The number of hydrogen-bond donors (Lipinski definition) is 0. The molecule has 5 rings (SSSR count). The summed E-state index contributed by atoms with van der Waals surface area (Å²) >= 11 is 1.74. The summed E-state index contributed by atoms with van der Waals surface area (Å²) in [6, 6.07) is 18.7. The van der Waals surface area contributed by atoms with Gasteiger partial charge in [0.15, 0.2) is 5.16 Å². The smallest absolute Gasteiger partial charge is 0.226 e. The lowest BCUT2D eigenvalue weighted by atomic mass is 10.1. The SMILES string of the molecule is Cc1cccc(-c2nc(Cn3c(SCc4ccccc4C)nc4ccncc43)c(C)o2)c1. The van der Waals surface area contributed by atoms with E-state index in [0.717, 1.165) is 39.0 Å². The van der Waals surface area contributed by atoms with Crippen molar-refractivity contribution >= 4 is 22.8 Å². The normalized spacial score (nSPS) is 11.3. The van der Waals surface area contributed by atoms with Crippen LogP contribution in [0, 0.1) is 20.8 Å². The molecular formula is C26H24N4OS. The van der Waals surface area contributed by atoms with E-state index in [1.165, 1.54) is 16.7 Å². The van der Waals surface area contributed by atoms with Crippen LogP contribution < -0.4 is 0 Å². The highest BCUT2D eigenvalue weighted by atomic mass is 32.2. The van der Waals surface area contributed by atoms with Crippen LogP contribution in [0.3, 0.4) is 0 Å². The van der Waals surface area contributed by atoms with Crippen molar-refractivity contribution in [1.29, 1.82) is 0 Å². The van der Waals surface area contributed by atoms with Crippen molar-refractivity contribution in [2.75, 3.05) is 0 Å². The molecule has 0 saturated carbocycles. The van der Waals surface area contributed by atoms with Crippen LogP contribution in [0.5, 0.6) is 0 Å². The molecule has 0 aliphatic rings. The minimum absolute atomic E-state index is 0.583. The molecule has 3 heterocycles. The van der Waals surface area contributed by atoms with Gasteiger partial charge in [-0.15, -0.1) is 0 Å². The predicted octanol–water partition coefficient (Wildman–Crippen LogP) is 6.35. The lowest BCUT2D eigenvalue weighted by molar-refractivity contribution is 0.537. The molecule has 160 valence electrons. The Morgan fingerprint density at radius 3 is 2.69 bits per heavy atom. The van der Waals surface area contributed by atoms with E-state index in [1.807, 2.05) is 31.3 Å². The molecule has 5 aromatic rings. The first-order chi connectivity index (χ1) is 15.6. The molecule has 0 aliphatic carbocycles. The minimum atomic E-state index is 0.583. The number of imidazole rings is 1. The number of aryl methyl sites for hydroxylation is 3. The second kappa shape index (κ2) is 8.63. The molecule has 6 heteroatoms. The molecular weight excluding hydrogens is 416 g/mol. The fraction of sp³-hybridized carbons (Fsp3) is 0.192. The molecule has 0 fully saturated rings. The number of thioether (sulfide) groups is 1. The van der Waals surface area contributed by atoms with Gasteiger partial charge in [-0.2, -0.15) is 0 Å². The summed E-state index contributed by atoms with van der Waals surface area (Å²) in [5, 5.41) is 0.954. The molecule has 32 heavy (non-hydrogen) atoms. The molecule has 3 aromatic heterocycles. The maximum absolute atomic E-state index is 6.03. The molecule has 0 spiro atoms. The van der Waals surface area contributed by atoms with Crippen molar-refractivity contribution < 1.29 is 4.42 Å². The number of aromatic nitrogens is 4. The maximum atomic E-state index is 6.03. The highest BCUT2D eigenvalue weighted by Crippen LogP contribution is 2.30. The summed E-state index contributed by atoms with van der Waals surface area (Å²) in [7, 11) is 0. The van der Waals surface area contributed by atoms with E-state index < -0.39 is 0 Å². The standard InChI is InChI=1S/C26H24N4OS/c1-17-7-6-10-20(13-17)25-28-23(19(3)31-25)15-30-24-14-27-12-11-22(24)29-26(30)32-16-21-9-5-4-8-18(21)2/h4-14H,15-16H2,1-3H3. The summed E-state index contributed by atoms with van der Waals surface area (Å²) in [5.74, 6) is 2.33. The van der Waals surface area contributed by atoms with E-state index in [4.69, 9.17) is 14.4 Å². The lowest BCUT2D eigenvalue weighted by Gasteiger charge is -2.09. The number of fused-ring (bicyclic) bond motifs is 1. The van der Waals surface area contributed by atoms with Gasteiger partial charge in [-0.25, -0.2) is 9.97 Å². The van der Waals surface area contributed by atoms with Crippen molar-refractivity contribution in [2.45, 2.75) is 38.2 Å². The van der Waals surface area contributed by atoms with Crippen molar-refractivity contribution in [3.8, 4) is 11.5 Å². The summed E-state index contributed by atoms with van der Waals surface area (Å²) in [6.45, 7) is 6.77. The predicted molar refractivity (Wildman–Crippen MR) is 129 cm³/mol. The van der Waals surface area contributed by atoms with E-state index in [0.29, 0.717) is 12.4 Å². The quantitative estimate of drug-likeness (QED) is 0.288. The van der Waals surface area contributed by atoms with Gasteiger partial charge in [-0.1, -0.05) is 53.7 Å². The highest BCUT2D eigenvalue weighted by Gasteiger charge is 2.17. The molecule has 0 N–H and O–H groups in total. The number of nitrogens with zero attached hydrogens (tertiary/aromatic N) is 4. The van der Waals surface area contributed by atoms with Crippen molar-refractivity contribution in [1.82, 2.24) is 19.5 Å². The number of oxazole rings is 1. The van der Waals surface area contributed by atoms with Crippen LogP contribution >= 0.6 is 11.8 Å². The van der Waals surface area contributed by atoms with Crippen LogP contribution in [-0.4, -0.2) is 19.5 Å². The highest BCUT2D eigenvalue weighted by molar-refractivity contribution is 7.98. The van der Waals surface area contributed by atoms with E-state index in [1.54, 1.807) is 18.0 Å². The minimum Gasteiger partial charge on any atom is -0.441 e. The van der Waals surface area contributed by atoms with Crippen LogP contribution in [0.1, 0.15) is 28.1 Å². The van der Waals surface area contributed by atoms with Crippen LogP contribution in [0.25, 0.3) is 22.5 Å². The first kappa shape index (κ1) is 20.5. The van der Waals surface area contributed by atoms with Gasteiger partial charge in [0.25, 0.3) is 0 Å². The summed E-state index contributed by atoms with van der Waals surface area (Å²) in [6.07, 6.45) is 3.66. The summed E-state index contributed by atoms with van der Waals surface area (Å²) in [4.78, 5) is 14.1. The maximum Gasteiger partial charge on any atom is 0.226 e.